The lowest BCUT2D eigenvalue weighted by Crippen LogP contribution is -2.37. The van der Waals surface area contributed by atoms with Gasteiger partial charge >= 0.3 is 0 Å². The Bertz CT molecular complexity index is 1480. The summed E-state index contributed by atoms with van der Waals surface area (Å²) < 4.78 is 12.7. The second-order valence-electron chi connectivity index (χ2n) is 7.91. The monoisotopic (exact) mass is 471 g/mol. The molecule has 0 aliphatic carbocycles. The predicted molar refractivity (Wildman–Crippen MR) is 132 cm³/mol. The van der Waals surface area contributed by atoms with Crippen LogP contribution in [-0.2, 0) is 4.74 Å². The minimum atomic E-state index is 0.629. The molecular formula is C24H21N7O2S. The van der Waals surface area contributed by atoms with E-state index in [1.165, 1.54) is 6.33 Å². The van der Waals surface area contributed by atoms with Gasteiger partial charge in [0.05, 0.1) is 35.1 Å². The van der Waals surface area contributed by atoms with Gasteiger partial charge in [0.25, 0.3) is 0 Å². The van der Waals surface area contributed by atoms with E-state index >= 15 is 0 Å². The molecule has 6 rings (SSSR count). The number of fused-ring (bicyclic) bond motifs is 2. The van der Waals surface area contributed by atoms with Gasteiger partial charge in [0.1, 0.15) is 28.9 Å². The van der Waals surface area contributed by atoms with Crippen molar-refractivity contribution in [2.24, 2.45) is 0 Å². The normalized spacial score (nSPS) is 14.0. The maximum atomic E-state index is 6.12. The van der Waals surface area contributed by atoms with Crippen LogP contribution in [0.1, 0.15) is 5.56 Å². The Morgan fingerprint density at radius 2 is 1.91 bits per heavy atom. The van der Waals surface area contributed by atoms with Gasteiger partial charge in [-0.05, 0) is 42.8 Å². The first kappa shape index (κ1) is 20.7. The molecule has 4 heterocycles. The summed E-state index contributed by atoms with van der Waals surface area (Å²) >= 11 is 1.62. The number of benzene rings is 2. The van der Waals surface area contributed by atoms with E-state index in [0.29, 0.717) is 36.0 Å². The van der Waals surface area contributed by atoms with E-state index in [2.05, 4.69) is 30.2 Å². The Morgan fingerprint density at radius 3 is 2.79 bits per heavy atom. The molecule has 0 spiro atoms. The number of aromatic nitrogens is 5. The van der Waals surface area contributed by atoms with Gasteiger partial charge < -0.3 is 19.7 Å². The smallest absolute Gasteiger partial charge is 0.226 e. The SMILES string of the molecule is Cc1cc(Nc2ncnc3cnc(N4CCOCC4)nc23)ccc1Oc1ccc2scnc2c1. The lowest BCUT2D eigenvalue weighted by atomic mass is 10.2. The maximum absolute atomic E-state index is 6.12. The average Bonchev–Trinajstić information content (AvgIpc) is 3.34. The van der Waals surface area contributed by atoms with E-state index in [1.807, 2.05) is 48.8 Å². The Labute approximate surface area is 199 Å². The highest BCUT2D eigenvalue weighted by Crippen LogP contribution is 2.31. The third kappa shape index (κ3) is 4.09. The minimum absolute atomic E-state index is 0.629. The van der Waals surface area contributed by atoms with Gasteiger partial charge in [-0.25, -0.2) is 24.9 Å². The van der Waals surface area contributed by atoms with Crippen molar-refractivity contribution in [2.45, 2.75) is 6.92 Å². The van der Waals surface area contributed by atoms with Crippen molar-refractivity contribution in [3.8, 4) is 11.5 Å². The first-order valence-electron chi connectivity index (χ1n) is 10.9. The number of rotatable bonds is 5. The fraction of sp³-hybridized carbons (Fsp3) is 0.208. The zero-order chi connectivity index (χ0) is 22.9. The van der Waals surface area contributed by atoms with Gasteiger partial charge in [0.15, 0.2) is 5.82 Å². The van der Waals surface area contributed by atoms with Crippen LogP contribution in [0, 0.1) is 6.92 Å². The van der Waals surface area contributed by atoms with Crippen LogP contribution in [0.5, 0.6) is 11.5 Å². The Kier molecular flexibility index (Phi) is 5.36. The highest BCUT2D eigenvalue weighted by Gasteiger charge is 2.16. The molecule has 3 aromatic heterocycles. The number of thiazole rings is 1. The lowest BCUT2D eigenvalue weighted by Gasteiger charge is -2.26. The fourth-order valence-corrected chi connectivity index (χ4v) is 4.52. The molecule has 0 radical (unpaired) electrons. The quantitative estimate of drug-likeness (QED) is 0.391. The van der Waals surface area contributed by atoms with E-state index in [-0.39, 0.29) is 0 Å². The summed E-state index contributed by atoms with van der Waals surface area (Å²) in [5, 5.41) is 3.38. The topological polar surface area (TPSA) is 98.2 Å². The molecule has 10 heteroatoms. The second-order valence-corrected chi connectivity index (χ2v) is 8.80. The molecule has 170 valence electrons. The molecule has 1 aliphatic heterocycles. The summed E-state index contributed by atoms with van der Waals surface area (Å²) in [6.45, 7) is 4.88. The lowest BCUT2D eigenvalue weighted by molar-refractivity contribution is 0.122. The van der Waals surface area contributed by atoms with Crippen LogP contribution in [0.4, 0.5) is 17.5 Å². The predicted octanol–water partition coefficient (Wildman–Crippen LogP) is 4.71. The molecule has 0 saturated carbocycles. The van der Waals surface area contributed by atoms with Gasteiger partial charge in [-0.15, -0.1) is 11.3 Å². The molecule has 0 unspecified atom stereocenters. The summed E-state index contributed by atoms with van der Waals surface area (Å²) in [4.78, 5) is 24.5. The van der Waals surface area contributed by atoms with Crippen molar-refractivity contribution in [3.05, 3.63) is 60.0 Å². The molecule has 34 heavy (non-hydrogen) atoms. The summed E-state index contributed by atoms with van der Waals surface area (Å²) in [6, 6.07) is 11.9. The van der Waals surface area contributed by atoms with E-state index in [0.717, 1.165) is 46.1 Å². The Hall–Kier alpha value is -3.89. The van der Waals surface area contributed by atoms with E-state index in [9.17, 15) is 0 Å². The molecule has 1 saturated heterocycles. The van der Waals surface area contributed by atoms with Crippen LogP contribution in [0.15, 0.2) is 54.4 Å². The number of hydrogen-bond acceptors (Lipinski definition) is 10. The third-order valence-electron chi connectivity index (χ3n) is 5.63. The van der Waals surface area contributed by atoms with Crippen LogP contribution in [0.2, 0.25) is 0 Å². The van der Waals surface area contributed by atoms with Crippen LogP contribution >= 0.6 is 11.3 Å². The van der Waals surface area contributed by atoms with Crippen LogP contribution in [0.25, 0.3) is 21.3 Å². The van der Waals surface area contributed by atoms with Crippen molar-refractivity contribution in [1.29, 1.82) is 0 Å². The summed E-state index contributed by atoms with van der Waals surface area (Å²) in [7, 11) is 0. The number of ether oxygens (including phenoxy) is 2. The maximum Gasteiger partial charge on any atom is 0.226 e. The highest BCUT2D eigenvalue weighted by molar-refractivity contribution is 7.16. The molecular weight excluding hydrogens is 450 g/mol. The van der Waals surface area contributed by atoms with Gasteiger partial charge in [0.2, 0.25) is 5.95 Å². The van der Waals surface area contributed by atoms with E-state index < -0.39 is 0 Å². The largest absolute Gasteiger partial charge is 0.457 e. The zero-order valence-electron chi connectivity index (χ0n) is 18.4. The molecule has 1 N–H and O–H groups in total. The van der Waals surface area contributed by atoms with Crippen LogP contribution in [-0.4, -0.2) is 51.2 Å². The number of aryl methyl sites for hydroxylation is 1. The molecule has 2 aromatic carbocycles. The summed E-state index contributed by atoms with van der Waals surface area (Å²) in [5.74, 6) is 2.83. The minimum Gasteiger partial charge on any atom is -0.457 e. The molecule has 1 fully saturated rings. The number of nitrogens with zero attached hydrogens (tertiary/aromatic N) is 6. The molecule has 0 atom stereocenters. The van der Waals surface area contributed by atoms with Gasteiger partial charge in [-0.1, -0.05) is 0 Å². The summed E-state index contributed by atoms with van der Waals surface area (Å²) in [5.41, 5.74) is 6.01. The van der Waals surface area contributed by atoms with Crippen molar-refractivity contribution >= 4 is 50.0 Å². The van der Waals surface area contributed by atoms with Gasteiger partial charge in [0, 0.05) is 24.8 Å². The standard InChI is InChI=1S/C24H21N7O2S/c1-15-10-16(2-4-20(15)33-17-3-5-21-18(11-17)28-14-34-21)29-23-22-19(26-13-27-23)12-25-24(30-22)31-6-8-32-9-7-31/h2-5,10-14H,6-9H2,1H3,(H,26,27,29). The third-order valence-corrected chi connectivity index (χ3v) is 6.44. The van der Waals surface area contributed by atoms with Gasteiger partial charge in [-0.2, -0.15) is 0 Å². The van der Waals surface area contributed by atoms with Gasteiger partial charge in [-0.3, -0.25) is 0 Å². The Morgan fingerprint density at radius 1 is 1.00 bits per heavy atom. The number of hydrogen-bond donors (Lipinski definition) is 1. The highest BCUT2D eigenvalue weighted by atomic mass is 32.1. The van der Waals surface area contributed by atoms with Crippen LogP contribution < -0.4 is 15.0 Å². The molecule has 9 nitrogen and oxygen atoms in total. The molecule has 0 bridgehead atoms. The number of morpholine rings is 1. The first-order valence-corrected chi connectivity index (χ1v) is 11.8. The van der Waals surface area contributed by atoms with Crippen molar-refractivity contribution in [1.82, 2.24) is 24.9 Å². The molecule has 5 aromatic rings. The fourth-order valence-electron chi connectivity index (χ4n) is 3.86. The second kappa shape index (κ2) is 8.81. The number of anilines is 3. The number of nitrogens with one attached hydrogen (secondary N) is 1. The van der Waals surface area contributed by atoms with Crippen molar-refractivity contribution < 1.29 is 9.47 Å². The van der Waals surface area contributed by atoms with Crippen molar-refractivity contribution in [3.63, 3.8) is 0 Å². The average molecular weight is 472 g/mol. The summed E-state index contributed by atoms with van der Waals surface area (Å²) in [6.07, 6.45) is 3.25. The van der Waals surface area contributed by atoms with Crippen LogP contribution in [0.3, 0.4) is 0 Å². The van der Waals surface area contributed by atoms with Crippen molar-refractivity contribution in [2.75, 3.05) is 36.5 Å². The van der Waals surface area contributed by atoms with E-state index in [1.54, 1.807) is 17.5 Å². The molecule has 0 amide bonds. The first-order chi connectivity index (χ1) is 16.7. The Balaban J connectivity index is 1.25. The van der Waals surface area contributed by atoms with E-state index in [4.69, 9.17) is 14.5 Å². The zero-order valence-corrected chi connectivity index (χ0v) is 19.2. The molecule has 1 aliphatic rings.